The molecule has 0 aliphatic heterocycles. The number of carbonyl (C=O) groups excluding carboxylic acids is 2. The minimum Gasteiger partial charge on any atom is -0.271 e. The summed E-state index contributed by atoms with van der Waals surface area (Å²) in [6.07, 6.45) is 0. The maximum absolute atomic E-state index is 11.9. The third-order valence-corrected chi connectivity index (χ3v) is 2.97. The van der Waals surface area contributed by atoms with E-state index in [0.717, 1.165) is 11.4 Å². The highest BCUT2D eigenvalue weighted by Gasteiger charge is 2.10. The fourth-order valence-electron chi connectivity index (χ4n) is 1.94. The average Bonchev–Trinajstić information content (AvgIpc) is 2.82. The van der Waals surface area contributed by atoms with Gasteiger partial charge in [0.2, 0.25) is 0 Å². The Bertz CT molecular complexity index is 758. The van der Waals surface area contributed by atoms with E-state index in [0.29, 0.717) is 11.1 Å². The third kappa shape index (κ3) is 3.70. The van der Waals surface area contributed by atoms with E-state index in [1.165, 1.54) is 6.07 Å². The van der Waals surface area contributed by atoms with Gasteiger partial charge >= 0.3 is 0 Å². The molecule has 2 amide bonds. The van der Waals surface area contributed by atoms with Crippen molar-refractivity contribution >= 4 is 11.8 Å². The number of hydrazine groups is 1. The standard InChI is InChI=1S/C15H15N5O2/c1-10-6-11(2)20(19-10)9-14(21)17-18-15(22)13-5-3-4-12(7-13)8-16/h3-7H,9H2,1-2H3,(H,17,21)(H,18,22). The number of nitrogens with zero attached hydrogens (tertiary/aromatic N) is 3. The molecule has 0 saturated heterocycles. The molecule has 112 valence electrons. The molecule has 2 aromatic rings. The number of benzene rings is 1. The van der Waals surface area contributed by atoms with Crippen LogP contribution in [0.3, 0.4) is 0 Å². The summed E-state index contributed by atoms with van der Waals surface area (Å²) in [5, 5.41) is 13.0. The number of rotatable bonds is 3. The number of hydrogen-bond donors (Lipinski definition) is 2. The predicted octanol–water partition coefficient (Wildman–Crippen LogP) is 0.833. The van der Waals surface area contributed by atoms with E-state index >= 15 is 0 Å². The normalized spacial score (nSPS) is 9.86. The molecular formula is C15H15N5O2. The van der Waals surface area contributed by atoms with Gasteiger partial charge < -0.3 is 0 Å². The fraction of sp³-hybridized carbons (Fsp3) is 0.200. The Kier molecular flexibility index (Phi) is 4.53. The highest BCUT2D eigenvalue weighted by Crippen LogP contribution is 2.03. The second kappa shape index (κ2) is 6.54. The Morgan fingerprint density at radius 1 is 1.27 bits per heavy atom. The molecule has 0 radical (unpaired) electrons. The second-order valence-electron chi connectivity index (χ2n) is 4.78. The summed E-state index contributed by atoms with van der Waals surface area (Å²) in [7, 11) is 0. The lowest BCUT2D eigenvalue weighted by Crippen LogP contribution is -2.43. The maximum atomic E-state index is 11.9. The Balaban J connectivity index is 1.92. The highest BCUT2D eigenvalue weighted by atomic mass is 16.2. The van der Waals surface area contributed by atoms with Crippen molar-refractivity contribution in [3.8, 4) is 6.07 Å². The van der Waals surface area contributed by atoms with Gasteiger partial charge in [-0.05, 0) is 38.1 Å². The molecule has 7 nitrogen and oxygen atoms in total. The molecule has 0 aliphatic carbocycles. The van der Waals surface area contributed by atoms with Crippen LogP contribution in [-0.2, 0) is 11.3 Å². The Hall–Kier alpha value is -3.14. The molecule has 0 spiro atoms. The van der Waals surface area contributed by atoms with Crippen LogP contribution in [0.25, 0.3) is 0 Å². The lowest BCUT2D eigenvalue weighted by atomic mass is 10.1. The molecular weight excluding hydrogens is 282 g/mol. The molecule has 0 atom stereocenters. The molecule has 0 bridgehead atoms. The minimum absolute atomic E-state index is 0.0121. The molecule has 0 aliphatic rings. The van der Waals surface area contributed by atoms with E-state index in [1.807, 2.05) is 26.0 Å². The van der Waals surface area contributed by atoms with Gasteiger partial charge in [-0.3, -0.25) is 25.1 Å². The Morgan fingerprint density at radius 2 is 2.05 bits per heavy atom. The number of carbonyl (C=O) groups is 2. The lowest BCUT2D eigenvalue weighted by molar-refractivity contribution is -0.122. The molecule has 2 N–H and O–H groups in total. The monoisotopic (exact) mass is 297 g/mol. The SMILES string of the molecule is Cc1cc(C)n(CC(=O)NNC(=O)c2cccc(C#N)c2)n1. The van der Waals surface area contributed by atoms with Gasteiger partial charge in [-0.1, -0.05) is 6.07 Å². The quantitative estimate of drug-likeness (QED) is 0.820. The first kappa shape index (κ1) is 15.3. The molecule has 1 aromatic carbocycles. The van der Waals surface area contributed by atoms with E-state index in [1.54, 1.807) is 22.9 Å². The van der Waals surface area contributed by atoms with E-state index in [9.17, 15) is 9.59 Å². The molecule has 1 heterocycles. The van der Waals surface area contributed by atoms with Gasteiger partial charge in [-0.2, -0.15) is 10.4 Å². The average molecular weight is 297 g/mol. The van der Waals surface area contributed by atoms with Crippen LogP contribution in [0, 0.1) is 25.2 Å². The van der Waals surface area contributed by atoms with Crippen LogP contribution in [0.4, 0.5) is 0 Å². The number of aromatic nitrogens is 2. The van der Waals surface area contributed by atoms with Crippen LogP contribution in [-0.4, -0.2) is 21.6 Å². The molecule has 1 aromatic heterocycles. The van der Waals surface area contributed by atoms with Gasteiger partial charge in [-0.25, -0.2) is 0 Å². The van der Waals surface area contributed by atoms with Crippen molar-refractivity contribution in [1.29, 1.82) is 5.26 Å². The first-order valence-electron chi connectivity index (χ1n) is 6.60. The van der Waals surface area contributed by atoms with Crippen molar-refractivity contribution in [2.24, 2.45) is 0 Å². The summed E-state index contributed by atoms with van der Waals surface area (Å²) in [5.41, 5.74) is 6.99. The number of amides is 2. The van der Waals surface area contributed by atoms with Gasteiger partial charge in [-0.15, -0.1) is 0 Å². The van der Waals surface area contributed by atoms with Crippen LogP contribution in [0.15, 0.2) is 30.3 Å². The molecule has 0 fully saturated rings. The summed E-state index contributed by atoms with van der Waals surface area (Å²) < 4.78 is 1.55. The fourth-order valence-corrected chi connectivity index (χ4v) is 1.94. The molecule has 0 unspecified atom stereocenters. The Labute approximate surface area is 127 Å². The number of hydrogen-bond acceptors (Lipinski definition) is 4. The largest absolute Gasteiger partial charge is 0.271 e. The van der Waals surface area contributed by atoms with Gasteiger partial charge in [0.1, 0.15) is 6.54 Å². The Morgan fingerprint density at radius 3 is 2.68 bits per heavy atom. The summed E-state index contributed by atoms with van der Waals surface area (Å²) in [6, 6.07) is 10.0. The minimum atomic E-state index is -0.487. The van der Waals surface area contributed by atoms with Crippen molar-refractivity contribution in [3.05, 3.63) is 52.8 Å². The van der Waals surface area contributed by atoms with Crippen molar-refractivity contribution in [3.63, 3.8) is 0 Å². The van der Waals surface area contributed by atoms with E-state index < -0.39 is 11.8 Å². The summed E-state index contributed by atoms with van der Waals surface area (Å²) in [5.74, 6) is -0.880. The summed E-state index contributed by atoms with van der Waals surface area (Å²) >= 11 is 0. The zero-order chi connectivity index (χ0) is 16.1. The number of nitrogens with one attached hydrogen (secondary N) is 2. The van der Waals surface area contributed by atoms with Crippen LogP contribution < -0.4 is 10.9 Å². The molecule has 22 heavy (non-hydrogen) atoms. The van der Waals surface area contributed by atoms with E-state index in [2.05, 4.69) is 16.0 Å². The first-order valence-corrected chi connectivity index (χ1v) is 6.60. The smallest absolute Gasteiger partial charge is 0.269 e. The predicted molar refractivity (Wildman–Crippen MR) is 78.5 cm³/mol. The summed E-state index contributed by atoms with van der Waals surface area (Å²) in [4.78, 5) is 23.7. The zero-order valence-corrected chi connectivity index (χ0v) is 12.3. The second-order valence-corrected chi connectivity index (χ2v) is 4.78. The van der Waals surface area contributed by atoms with Crippen molar-refractivity contribution in [1.82, 2.24) is 20.6 Å². The van der Waals surface area contributed by atoms with Gasteiger partial charge in [0.25, 0.3) is 11.8 Å². The third-order valence-electron chi connectivity index (χ3n) is 2.97. The van der Waals surface area contributed by atoms with Crippen LogP contribution in [0.5, 0.6) is 0 Å². The first-order chi connectivity index (χ1) is 10.5. The van der Waals surface area contributed by atoms with E-state index in [4.69, 9.17) is 5.26 Å². The van der Waals surface area contributed by atoms with Crippen molar-refractivity contribution < 1.29 is 9.59 Å². The van der Waals surface area contributed by atoms with Crippen molar-refractivity contribution in [2.45, 2.75) is 20.4 Å². The van der Waals surface area contributed by atoms with Gasteiger partial charge in [0.05, 0.1) is 17.3 Å². The van der Waals surface area contributed by atoms with Crippen molar-refractivity contribution in [2.75, 3.05) is 0 Å². The zero-order valence-electron chi connectivity index (χ0n) is 12.3. The van der Waals surface area contributed by atoms with Crippen LogP contribution in [0.2, 0.25) is 0 Å². The molecule has 2 rings (SSSR count). The molecule has 7 heteroatoms. The van der Waals surface area contributed by atoms with Gasteiger partial charge in [0.15, 0.2) is 0 Å². The highest BCUT2D eigenvalue weighted by molar-refractivity contribution is 5.95. The number of aryl methyl sites for hydroxylation is 2. The van der Waals surface area contributed by atoms with Crippen LogP contribution in [0.1, 0.15) is 27.3 Å². The topological polar surface area (TPSA) is 99.8 Å². The van der Waals surface area contributed by atoms with Crippen LogP contribution >= 0.6 is 0 Å². The maximum Gasteiger partial charge on any atom is 0.269 e. The number of nitriles is 1. The van der Waals surface area contributed by atoms with E-state index in [-0.39, 0.29) is 6.54 Å². The summed E-state index contributed by atoms with van der Waals surface area (Å²) in [6.45, 7) is 3.70. The lowest BCUT2D eigenvalue weighted by Gasteiger charge is -2.08. The molecule has 0 saturated carbocycles. The van der Waals surface area contributed by atoms with Gasteiger partial charge in [0, 0.05) is 11.3 Å².